The monoisotopic (exact) mass is 440 g/mol. The van der Waals surface area contributed by atoms with Gasteiger partial charge in [0.15, 0.2) is 0 Å². The highest BCUT2D eigenvalue weighted by Crippen LogP contribution is 2.45. The first kappa shape index (κ1) is 22.0. The van der Waals surface area contributed by atoms with Crippen molar-refractivity contribution in [2.75, 3.05) is 6.16 Å². The number of rotatable bonds is 9. The Hall–Kier alpha value is -2.26. The average molecular weight is 441 g/mol. The van der Waals surface area contributed by atoms with Gasteiger partial charge < -0.3 is 0 Å². The van der Waals surface area contributed by atoms with Crippen LogP contribution >= 0.6 is 15.8 Å². The van der Waals surface area contributed by atoms with Gasteiger partial charge in [-0.3, -0.25) is 0 Å². The van der Waals surface area contributed by atoms with E-state index in [-0.39, 0.29) is 15.8 Å². The highest BCUT2D eigenvalue weighted by atomic mass is 31.1. The fraction of sp³-hybridized carbons (Fsp3) is 0.172. The largest absolute Gasteiger partial charge is 0.0648 e. The van der Waals surface area contributed by atoms with Crippen LogP contribution in [0.4, 0.5) is 0 Å². The zero-order chi connectivity index (χ0) is 21.3. The van der Waals surface area contributed by atoms with Gasteiger partial charge in [0.25, 0.3) is 0 Å². The molecular formula is C29H30P2. The van der Waals surface area contributed by atoms with Gasteiger partial charge >= 0.3 is 0 Å². The third-order valence-electron chi connectivity index (χ3n) is 5.73. The predicted molar refractivity (Wildman–Crippen MR) is 142 cm³/mol. The summed E-state index contributed by atoms with van der Waals surface area (Å²) in [7, 11) is -0.714. The fourth-order valence-electron chi connectivity index (χ4n) is 4.16. The van der Waals surface area contributed by atoms with Crippen molar-refractivity contribution in [1.29, 1.82) is 0 Å². The lowest BCUT2D eigenvalue weighted by atomic mass is 10.3. The lowest BCUT2D eigenvalue weighted by Gasteiger charge is -2.30. The highest BCUT2D eigenvalue weighted by Gasteiger charge is 2.25. The number of hydrogen-bond acceptors (Lipinski definition) is 0. The average Bonchev–Trinajstić information content (AvgIpc) is 2.86. The van der Waals surface area contributed by atoms with Crippen LogP contribution in [-0.2, 0) is 0 Å². The third-order valence-corrected chi connectivity index (χ3v) is 11.3. The van der Waals surface area contributed by atoms with Crippen LogP contribution in [0.1, 0.15) is 19.8 Å². The van der Waals surface area contributed by atoms with Gasteiger partial charge in [-0.25, -0.2) is 0 Å². The molecule has 4 aromatic rings. The maximum atomic E-state index is 2.37. The molecular weight excluding hydrogens is 410 g/mol. The molecule has 0 aromatic heterocycles. The van der Waals surface area contributed by atoms with E-state index in [9.17, 15) is 0 Å². The Bertz CT molecular complexity index is 938. The van der Waals surface area contributed by atoms with Crippen molar-refractivity contribution >= 4 is 37.1 Å². The van der Waals surface area contributed by atoms with Crippen molar-refractivity contribution in [2.45, 2.75) is 25.4 Å². The molecule has 4 rings (SSSR count). The molecule has 31 heavy (non-hydrogen) atoms. The first-order valence-electron chi connectivity index (χ1n) is 11.1. The first-order chi connectivity index (χ1) is 15.4. The summed E-state index contributed by atoms with van der Waals surface area (Å²) in [5.74, 6) is 0. The van der Waals surface area contributed by atoms with E-state index < -0.39 is 0 Å². The molecule has 0 bridgehead atoms. The lowest BCUT2D eigenvalue weighted by Crippen LogP contribution is -2.23. The Balaban J connectivity index is 1.63. The summed E-state index contributed by atoms with van der Waals surface area (Å²) in [4.78, 5) is 0. The topological polar surface area (TPSA) is 0 Å². The van der Waals surface area contributed by atoms with Gasteiger partial charge in [-0.1, -0.05) is 128 Å². The van der Waals surface area contributed by atoms with Crippen LogP contribution in [0, 0.1) is 0 Å². The summed E-state index contributed by atoms with van der Waals surface area (Å²) >= 11 is 0. The van der Waals surface area contributed by atoms with Crippen LogP contribution in [0.3, 0.4) is 0 Å². The fourth-order valence-corrected chi connectivity index (χ4v) is 9.70. The van der Waals surface area contributed by atoms with Crippen LogP contribution in [0.2, 0.25) is 0 Å². The minimum atomic E-state index is -0.372. The summed E-state index contributed by atoms with van der Waals surface area (Å²) in [6, 6.07) is 44.6. The predicted octanol–water partition coefficient (Wildman–Crippen LogP) is 6.42. The molecule has 0 fully saturated rings. The van der Waals surface area contributed by atoms with Crippen LogP contribution in [0.25, 0.3) is 0 Å². The quantitative estimate of drug-likeness (QED) is 0.264. The zero-order valence-electron chi connectivity index (χ0n) is 18.1. The van der Waals surface area contributed by atoms with Crippen molar-refractivity contribution in [1.82, 2.24) is 0 Å². The molecule has 0 saturated carbocycles. The van der Waals surface area contributed by atoms with E-state index in [2.05, 4.69) is 128 Å². The van der Waals surface area contributed by atoms with Crippen molar-refractivity contribution in [3.05, 3.63) is 121 Å². The molecule has 2 heteroatoms. The van der Waals surface area contributed by atoms with Crippen molar-refractivity contribution in [2.24, 2.45) is 0 Å². The Kier molecular flexibility index (Phi) is 8.06. The normalized spacial score (nSPS) is 12.2. The number of hydrogen-bond donors (Lipinski definition) is 0. The number of benzene rings is 4. The molecule has 0 N–H and O–H groups in total. The molecule has 1 atom stereocenters. The van der Waals surface area contributed by atoms with Gasteiger partial charge in [-0.2, -0.15) is 0 Å². The molecule has 4 aromatic carbocycles. The van der Waals surface area contributed by atoms with Crippen LogP contribution in [-0.4, -0.2) is 11.8 Å². The van der Waals surface area contributed by atoms with Gasteiger partial charge in [-0.15, -0.1) is 0 Å². The SMILES string of the molecule is CCC(CCP(c1ccccc1)c1ccccc1)P(c1ccccc1)c1ccccc1. The van der Waals surface area contributed by atoms with Crippen molar-refractivity contribution < 1.29 is 0 Å². The Labute approximate surface area is 189 Å². The van der Waals surface area contributed by atoms with Gasteiger partial charge in [-0.05, 0) is 61.7 Å². The summed E-state index contributed by atoms with van der Waals surface area (Å²) in [5, 5.41) is 5.98. The second-order valence-electron chi connectivity index (χ2n) is 7.71. The smallest absolute Gasteiger partial charge is 0.0128 e. The molecule has 156 valence electrons. The second kappa shape index (κ2) is 11.4. The summed E-state index contributed by atoms with van der Waals surface area (Å²) < 4.78 is 0. The molecule has 0 spiro atoms. The zero-order valence-corrected chi connectivity index (χ0v) is 19.9. The third kappa shape index (κ3) is 5.71. The summed E-state index contributed by atoms with van der Waals surface area (Å²) in [6.45, 7) is 2.37. The van der Waals surface area contributed by atoms with Crippen LogP contribution < -0.4 is 21.2 Å². The van der Waals surface area contributed by atoms with Crippen LogP contribution in [0.15, 0.2) is 121 Å². The molecule has 0 amide bonds. The Morgan fingerprint density at radius 2 is 0.871 bits per heavy atom. The van der Waals surface area contributed by atoms with E-state index in [1.807, 2.05) is 0 Å². The molecule has 0 nitrogen and oxygen atoms in total. The minimum absolute atomic E-state index is 0.341. The van der Waals surface area contributed by atoms with Crippen molar-refractivity contribution in [3.63, 3.8) is 0 Å². The van der Waals surface area contributed by atoms with E-state index in [1.165, 1.54) is 40.2 Å². The Morgan fingerprint density at radius 1 is 0.516 bits per heavy atom. The first-order valence-corrected chi connectivity index (χ1v) is 14.1. The summed E-state index contributed by atoms with van der Waals surface area (Å²) in [5.41, 5.74) is 0.678. The minimum Gasteiger partial charge on any atom is -0.0648 e. The molecule has 0 aliphatic rings. The van der Waals surface area contributed by atoms with Gasteiger partial charge in [0.05, 0.1) is 0 Å². The van der Waals surface area contributed by atoms with Gasteiger partial charge in [0.1, 0.15) is 0 Å². The van der Waals surface area contributed by atoms with E-state index in [1.54, 1.807) is 0 Å². The van der Waals surface area contributed by atoms with Gasteiger partial charge in [0.2, 0.25) is 0 Å². The summed E-state index contributed by atoms with van der Waals surface area (Å²) in [6.07, 6.45) is 3.70. The molecule has 0 radical (unpaired) electrons. The Morgan fingerprint density at radius 3 is 1.23 bits per heavy atom. The molecule has 0 aliphatic heterocycles. The maximum Gasteiger partial charge on any atom is -0.0128 e. The molecule has 0 saturated heterocycles. The lowest BCUT2D eigenvalue weighted by molar-refractivity contribution is 0.791. The van der Waals surface area contributed by atoms with E-state index in [0.717, 1.165) is 0 Å². The van der Waals surface area contributed by atoms with Crippen molar-refractivity contribution in [3.8, 4) is 0 Å². The maximum absolute atomic E-state index is 2.37. The van der Waals surface area contributed by atoms with E-state index in [0.29, 0.717) is 5.66 Å². The standard InChI is InChI=1S/C29H30P2/c1-2-25(31(28-19-11-5-12-20-28)29-21-13-6-14-22-29)23-24-30(26-15-7-3-8-16-26)27-17-9-4-10-18-27/h3-22,25H,2,23-24H2,1H3. The van der Waals surface area contributed by atoms with Crippen LogP contribution in [0.5, 0.6) is 0 Å². The molecule has 0 aliphatic carbocycles. The van der Waals surface area contributed by atoms with E-state index >= 15 is 0 Å². The molecule has 0 heterocycles. The molecule has 1 unspecified atom stereocenters. The second-order valence-corrected chi connectivity index (χ2v) is 12.6. The van der Waals surface area contributed by atoms with Gasteiger partial charge in [0, 0.05) is 0 Å². The highest BCUT2D eigenvalue weighted by molar-refractivity contribution is 7.74. The van der Waals surface area contributed by atoms with E-state index in [4.69, 9.17) is 0 Å².